The van der Waals surface area contributed by atoms with Gasteiger partial charge in [0.25, 0.3) is 0 Å². The molecule has 1 atom stereocenters. The summed E-state index contributed by atoms with van der Waals surface area (Å²) < 4.78 is 4.75. The van der Waals surface area contributed by atoms with Crippen LogP contribution in [0, 0.1) is 5.92 Å². The number of hydrogen-bond acceptors (Lipinski definition) is 3. The van der Waals surface area contributed by atoms with E-state index in [4.69, 9.17) is 9.84 Å². The van der Waals surface area contributed by atoms with E-state index in [1.165, 1.54) is 39.2 Å². The van der Waals surface area contributed by atoms with Gasteiger partial charge in [0.2, 0.25) is 5.91 Å². The van der Waals surface area contributed by atoms with Gasteiger partial charge in [0.15, 0.2) is 6.10 Å². The summed E-state index contributed by atoms with van der Waals surface area (Å²) >= 11 is 0. The molecule has 0 aromatic rings. The third-order valence-corrected chi connectivity index (χ3v) is 3.79. The SMILES string of the molecule is COC(CNC(=O)CCCC1CCCCC1)C(=O)O. The smallest absolute Gasteiger partial charge is 0.334 e. The van der Waals surface area contributed by atoms with E-state index in [0.717, 1.165) is 18.8 Å². The molecule has 0 aliphatic heterocycles. The minimum atomic E-state index is -1.05. The zero-order chi connectivity index (χ0) is 14.1. The van der Waals surface area contributed by atoms with Crippen molar-refractivity contribution < 1.29 is 19.4 Å². The molecule has 1 fully saturated rings. The second-order valence-electron chi connectivity index (χ2n) is 5.26. The molecule has 0 saturated heterocycles. The number of aliphatic carboxylic acids is 1. The Bertz CT molecular complexity index is 287. The summed E-state index contributed by atoms with van der Waals surface area (Å²) in [4.78, 5) is 22.3. The Morgan fingerprint density at radius 3 is 2.58 bits per heavy atom. The number of methoxy groups -OCH3 is 1. The molecule has 1 saturated carbocycles. The van der Waals surface area contributed by atoms with E-state index >= 15 is 0 Å². The lowest BCUT2D eigenvalue weighted by molar-refractivity contribution is -0.148. The molecule has 0 aromatic heterocycles. The second kappa shape index (κ2) is 8.91. The first-order valence-electron chi connectivity index (χ1n) is 7.15. The molecule has 1 unspecified atom stereocenters. The maximum Gasteiger partial charge on any atom is 0.334 e. The lowest BCUT2D eigenvalue weighted by Crippen LogP contribution is -2.37. The predicted octanol–water partition coefficient (Wildman–Crippen LogP) is 1.95. The van der Waals surface area contributed by atoms with E-state index in [1.54, 1.807) is 0 Å². The number of ether oxygens (including phenoxy) is 1. The van der Waals surface area contributed by atoms with Crippen molar-refractivity contribution in [3.8, 4) is 0 Å². The highest BCUT2D eigenvalue weighted by atomic mass is 16.5. The number of carbonyl (C=O) groups excluding carboxylic acids is 1. The van der Waals surface area contributed by atoms with Crippen LogP contribution in [0.3, 0.4) is 0 Å². The summed E-state index contributed by atoms with van der Waals surface area (Å²) in [7, 11) is 1.33. The molecule has 0 spiro atoms. The summed E-state index contributed by atoms with van der Waals surface area (Å²) in [6.45, 7) is 0.0358. The first-order chi connectivity index (χ1) is 9.13. The highest BCUT2D eigenvalue weighted by Crippen LogP contribution is 2.27. The molecule has 19 heavy (non-hydrogen) atoms. The highest BCUT2D eigenvalue weighted by molar-refractivity contribution is 5.78. The van der Waals surface area contributed by atoms with Gasteiger partial charge in [-0.1, -0.05) is 32.1 Å². The molecule has 1 aliphatic rings. The van der Waals surface area contributed by atoms with E-state index in [-0.39, 0.29) is 12.5 Å². The monoisotopic (exact) mass is 271 g/mol. The largest absolute Gasteiger partial charge is 0.479 e. The zero-order valence-corrected chi connectivity index (χ0v) is 11.7. The molecule has 0 heterocycles. The Kier molecular flexibility index (Phi) is 7.48. The molecule has 1 amide bonds. The lowest BCUT2D eigenvalue weighted by atomic mass is 9.86. The van der Waals surface area contributed by atoms with Crippen molar-refractivity contribution in [3.63, 3.8) is 0 Å². The number of nitrogens with one attached hydrogen (secondary N) is 1. The van der Waals surface area contributed by atoms with Crippen LogP contribution in [0.4, 0.5) is 0 Å². The van der Waals surface area contributed by atoms with Crippen LogP contribution in [0.5, 0.6) is 0 Å². The van der Waals surface area contributed by atoms with Gasteiger partial charge in [-0.25, -0.2) is 4.79 Å². The van der Waals surface area contributed by atoms with Gasteiger partial charge in [0, 0.05) is 13.5 Å². The summed E-state index contributed by atoms with van der Waals surface area (Å²) in [5, 5.41) is 11.4. The normalized spacial score (nSPS) is 17.9. The topological polar surface area (TPSA) is 75.6 Å². The van der Waals surface area contributed by atoms with Crippen molar-refractivity contribution in [1.82, 2.24) is 5.32 Å². The Morgan fingerprint density at radius 2 is 2.00 bits per heavy atom. The zero-order valence-electron chi connectivity index (χ0n) is 11.7. The van der Waals surface area contributed by atoms with E-state index in [1.807, 2.05) is 0 Å². The predicted molar refractivity (Wildman–Crippen MR) is 71.9 cm³/mol. The molecule has 110 valence electrons. The van der Waals surface area contributed by atoms with Crippen LogP contribution in [-0.4, -0.2) is 36.7 Å². The van der Waals surface area contributed by atoms with Crippen molar-refractivity contribution in [2.24, 2.45) is 5.92 Å². The van der Waals surface area contributed by atoms with Crippen LogP contribution >= 0.6 is 0 Å². The lowest BCUT2D eigenvalue weighted by Gasteiger charge is -2.21. The van der Waals surface area contributed by atoms with Gasteiger partial charge in [0.1, 0.15) is 0 Å². The fourth-order valence-electron chi connectivity index (χ4n) is 2.59. The number of carboxylic acids is 1. The highest BCUT2D eigenvalue weighted by Gasteiger charge is 2.17. The van der Waals surface area contributed by atoms with E-state index in [9.17, 15) is 9.59 Å². The van der Waals surface area contributed by atoms with Crippen molar-refractivity contribution in [2.75, 3.05) is 13.7 Å². The Labute approximate surface area is 114 Å². The standard InChI is InChI=1S/C14H25NO4/c1-19-12(14(17)18)10-15-13(16)9-5-8-11-6-3-2-4-7-11/h11-12H,2-10H2,1H3,(H,15,16)(H,17,18). The van der Waals surface area contributed by atoms with Crippen molar-refractivity contribution in [2.45, 2.75) is 57.5 Å². The van der Waals surface area contributed by atoms with Crippen molar-refractivity contribution >= 4 is 11.9 Å². The third kappa shape index (κ3) is 6.57. The quantitative estimate of drug-likeness (QED) is 0.707. The summed E-state index contributed by atoms with van der Waals surface area (Å²) in [6.07, 6.45) is 8.12. The maximum atomic E-state index is 11.6. The first kappa shape index (κ1) is 16.0. The minimum absolute atomic E-state index is 0.0358. The fraction of sp³-hybridized carbons (Fsp3) is 0.857. The van der Waals surface area contributed by atoms with Crippen LogP contribution in [0.15, 0.2) is 0 Å². The Morgan fingerprint density at radius 1 is 1.32 bits per heavy atom. The first-order valence-corrected chi connectivity index (χ1v) is 7.15. The molecular weight excluding hydrogens is 246 g/mol. The molecule has 0 bridgehead atoms. The van der Waals surface area contributed by atoms with Gasteiger partial charge >= 0.3 is 5.97 Å². The van der Waals surface area contributed by atoms with Crippen LogP contribution in [0.2, 0.25) is 0 Å². The number of carbonyl (C=O) groups is 2. The Hall–Kier alpha value is -1.10. The molecule has 1 aliphatic carbocycles. The van der Waals surface area contributed by atoms with Gasteiger partial charge < -0.3 is 15.2 Å². The third-order valence-electron chi connectivity index (χ3n) is 3.79. The van der Waals surface area contributed by atoms with Gasteiger partial charge in [-0.2, -0.15) is 0 Å². The molecular formula is C14H25NO4. The van der Waals surface area contributed by atoms with Gasteiger partial charge in [-0.3, -0.25) is 4.79 Å². The van der Waals surface area contributed by atoms with E-state index in [2.05, 4.69) is 5.32 Å². The molecule has 0 radical (unpaired) electrons. The fourth-order valence-corrected chi connectivity index (χ4v) is 2.59. The summed E-state index contributed by atoms with van der Waals surface area (Å²) in [5.41, 5.74) is 0. The van der Waals surface area contributed by atoms with Crippen molar-refractivity contribution in [1.29, 1.82) is 0 Å². The Balaban J connectivity index is 2.08. The average molecular weight is 271 g/mol. The molecule has 5 nitrogen and oxygen atoms in total. The van der Waals surface area contributed by atoms with Crippen LogP contribution in [0.1, 0.15) is 51.4 Å². The summed E-state index contributed by atoms with van der Waals surface area (Å²) in [5.74, 6) is -0.351. The van der Waals surface area contributed by atoms with E-state index < -0.39 is 12.1 Å². The number of carboxylic acid groups (broad SMARTS) is 1. The minimum Gasteiger partial charge on any atom is -0.479 e. The van der Waals surface area contributed by atoms with Crippen LogP contribution < -0.4 is 5.32 Å². The van der Waals surface area contributed by atoms with Gasteiger partial charge in [-0.15, -0.1) is 0 Å². The van der Waals surface area contributed by atoms with E-state index in [0.29, 0.717) is 6.42 Å². The molecule has 5 heteroatoms. The molecule has 0 aromatic carbocycles. The number of hydrogen-bond donors (Lipinski definition) is 2. The molecule has 1 rings (SSSR count). The van der Waals surface area contributed by atoms with Crippen LogP contribution in [0.25, 0.3) is 0 Å². The van der Waals surface area contributed by atoms with Crippen molar-refractivity contribution in [3.05, 3.63) is 0 Å². The summed E-state index contributed by atoms with van der Waals surface area (Å²) in [6, 6.07) is 0. The number of amides is 1. The number of rotatable bonds is 8. The molecule has 2 N–H and O–H groups in total. The second-order valence-corrected chi connectivity index (χ2v) is 5.26. The van der Waals surface area contributed by atoms with Gasteiger partial charge in [0.05, 0.1) is 6.54 Å². The average Bonchev–Trinajstić information content (AvgIpc) is 2.40. The van der Waals surface area contributed by atoms with Crippen LogP contribution in [-0.2, 0) is 14.3 Å². The van der Waals surface area contributed by atoms with Gasteiger partial charge in [-0.05, 0) is 18.8 Å². The maximum absolute atomic E-state index is 11.6.